The van der Waals surface area contributed by atoms with Crippen LogP contribution in [0.5, 0.6) is 0 Å². The van der Waals surface area contributed by atoms with Crippen LogP contribution in [0, 0.1) is 0 Å². The van der Waals surface area contributed by atoms with Gasteiger partial charge in [0.1, 0.15) is 5.71 Å². The second kappa shape index (κ2) is 3.60. The van der Waals surface area contributed by atoms with Gasteiger partial charge in [0, 0.05) is 7.05 Å². The lowest BCUT2D eigenvalue weighted by Crippen LogP contribution is -2.23. The van der Waals surface area contributed by atoms with Crippen LogP contribution in [0.3, 0.4) is 0 Å². The summed E-state index contributed by atoms with van der Waals surface area (Å²) in [6, 6.07) is 0. The Labute approximate surface area is 58.5 Å². The monoisotopic (exact) mass is 143 g/mol. The van der Waals surface area contributed by atoms with E-state index in [1.54, 1.807) is 0 Å². The smallest absolute Gasteiger partial charge is 0.264 e. The van der Waals surface area contributed by atoms with Crippen molar-refractivity contribution in [3.05, 3.63) is 0 Å². The molecule has 5 heteroatoms. The van der Waals surface area contributed by atoms with Crippen LogP contribution in [-0.4, -0.2) is 30.1 Å². The van der Waals surface area contributed by atoms with Crippen LogP contribution in [0.25, 0.3) is 0 Å². The maximum atomic E-state index is 10.3. The maximum absolute atomic E-state index is 10.3. The molecule has 0 fully saturated rings. The van der Waals surface area contributed by atoms with Gasteiger partial charge in [-0.2, -0.15) is 5.10 Å². The molecule has 0 saturated carbocycles. The quantitative estimate of drug-likeness (QED) is 0.310. The summed E-state index contributed by atoms with van der Waals surface area (Å²) in [5.41, 5.74) is 4.93. The summed E-state index contributed by atoms with van der Waals surface area (Å²) in [7, 11) is 1.42. The summed E-state index contributed by atoms with van der Waals surface area (Å²) in [6.45, 7) is 1.43. The van der Waals surface area contributed by atoms with Gasteiger partial charge >= 0.3 is 0 Å². The Balaban J connectivity index is 4.15. The Kier molecular flexibility index (Phi) is 3.10. The van der Waals surface area contributed by atoms with Gasteiger partial charge in [-0.05, 0) is 6.92 Å². The topological polar surface area (TPSA) is 75.8 Å². The molecule has 0 aromatic heterocycles. The SMILES string of the molecule is C/C(=N\N(C)C=O)C(N)=O. The fourth-order valence-electron chi connectivity index (χ4n) is 0.309. The highest BCUT2D eigenvalue weighted by molar-refractivity contribution is 6.37. The van der Waals surface area contributed by atoms with Gasteiger partial charge in [0.25, 0.3) is 5.91 Å². The molecule has 0 aliphatic rings. The van der Waals surface area contributed by atoms with Crippen molar-refractivity contribution in [2.45, 2.75) is 6.92 Å². The van der Waals surface area contributed by atoms with Gasteiger partial charge < -0.3 is 5.73 Å². The van der Waals surface area contributed by atoms with E-state index in [9.17, 15) is 9.59 Å². The van der Waals surface area contributed by atoms with Gasteiger partial charge in [-0.25, -0.2) is 5.01 Å². The van der Waals surface area contributed by atoms with E-state index in [0.717, 1.165) is 5.01 Å². The summed E-state index contributed by atoms with van der Waals surface area (Å²) in [5, 5.41) is 4.47. The molecular formula is C5H9N3O2. The van der Waals surface area contributed by atoms with Crippen molar-refractivity contribution in [1.82, 2.24) is 5.01 Å². The molecule has 0 aromatic rings. The molecular weight excluding hydrogens is 134 g/mol. The number of hydrogen-bond acceptors (Lipinski definition) is 3. The van der Waals surface area contributed by atoms with Crippen LogP contribution in [-0.2, 0) is 9.59 Å². The molecule has 0 radical (unpaired) electrons. The lowest BCUT2D eigenvalue weighted by Gasteiger charge is -2.01. The predicted molar refractivity (Wildman–Crippen MR) is 36.1 cm³/mol. The van der Waals surface area contributed by atoms with Crippen molar-refractivity contribution in [3.63, 3.8) is 0 Å². The minimum Gasteiger partial charge on any atom is -0.365 e. The van der Waals surface area contributed by atoms with Crippen molar-refractivity contribution in [1.29, 1.82) is 0 Å². The van der Waals surface area contributed by atoms with Gasteiger partial charge in [0.2, 0.25) is 6.41 Å². The van der Waals surface area contributed by atoms with E-state index in [4.69, 9.17) is 5.73 Å². The van der Waals surface area contributed by atoms with Crippen molar-refractivity contribution in [2.24, 2.45) is 10.8 Å². The number of carbonyl (C=O) groups excluding carboxylic acids is 2. The van der Waals surface area contributed by atoms with E-state index in [1.165, 1.54) is 14.0 Å². The van der Waals surface area contributed by atoms with Crippen molar-refractivity contribution in [2.75, 3.05) is 7.05 Å². The molecule has 0 aliphatic heterocycles. The Morgan fingerprint density at radius 2 is 2.20 bits per heavy atom. The molecule has 0 aliphatic carbocycles. The van der Waals surface area contributed by atoms with Crippen LogP contribution in [0.1, 0.15) is 6.92 Å². The minimum atomic E-state index is -0.631. The maximum Gasteiger partial charge on any atom is 0.264 e. The van der Waals surface area contributed by atoms with Gasteiger partial charge in [0.05, 0.1) is 0 Å². The lowest BCUT2D eigenvalue weighted by molar-refractivity contribution is -0.117. The van der Waals surface area contributed by atoms with Crippen molar-refractivity contribution < 1.29 is 9.59 Å². The first-order chi connectivity index (χ1) is 4.57. The predicted octanol–water partition coefficient (Wildman–Crippen LogP) is -1.06. The molecule has 2 N–H and O–H groups in total. The Morgan fingerprint density at radius 3 is 2.50 bits per heavy atom. The number of nitrogens with two attached hydrogens (primary N) is 1. The number of nitrogens with zero attached hydrogens (tertiary/aromatic N) is 2. The first-order valence-electron chi connectivity index (χ1n) is 2.61. The molecule has 0 spiro atoms. The molecule has 0 heterocycles. The molecule has 10 heavy (non-hydrogen) atoms. The largest absolute Gasteiger partial charge is 0.365 e. The molecule has 0 unspecified atom stereocenters. The highest BCUT2D eigenvalue weighted by Crippen LogP contribution is 1.79. The Hall–Kier alpha value is -1.39. The zero-order valence-corrected chi connectivity index (χ0v) is 5.87. The Bertz CT molecular complexity index is 176. The zero-order valence-electron chi connectivity index (χ0n) is 5.87. The molecule has 56 valence electrons. The van der Waals surface area contributed by atoms with Gasteiger partial charge in [-0.3, -0.25) is 9.59 Å². The summed E-state index contributed by atoms with van der Waals surface area (Å²) in [6.07, 6.45) is 0.479. The first kappa shape index (κ1) is 8.61. The number of hydrazone groups is 1. The van der Waals surface area contributed by atoms with E-state index < -0.39 is 5.91 Å². The molecule has 2 amide bonds. The molecule has 0 rings (SSSR count). The van der Waals surface area contributed by atoms with Crippen LogP contribution >= 0.6 is 0 Å². The third-order valence-electron chi connectivity index (χ3n) is 0.817. The number of rotatable bonds is 3. The fourth-order valence-corrected chi connectivity index (χ4v) is 0.309. The van der Waals surface area contributed by atoms with Crippen LogP contribution < -0.4 is 5.73 Å². The lowest BCUT2D eigenvalue weighted by atomic mass is 10.4. The minimum absolute atomic E-state index is 0.106. The van der Waals surface area contributed by atoms with E-state index in [2.05, 4.69) is 5.10 Å². The van der Waals surface area contributed by atoms with Crippen molar-refractivity contribution >= 4 is 18.0 Å². The third kappa shape index (κ3) is 2.81. The Morgan fingerprint density at radius 1 is 1.70 bits per heavy atom. The van der Waals surface area contributed by atoms with Crippen LogP contribution in [0.15, 0.2) is 5.10 Å². The van der Waals surface area contributed by atoms with Gasteiger partial charge in [0.15, 0.2) is 0 Å². The van der Waals surface area contributed by atoms with Gasteiger partial charge in [-0.15, -0.1) is 0 Å². The molecule has 0 saturated heterocycles. The molecule has 5 nitrogen and oxygen atoms in total. The van der Waals surface area contributed by atoms with E-state index in [-0.39, 0.29) is 5.71 Å². The molecule has 0 bridgehead atoms. The van der Waals surface area contributed by atoms with E-state index in [1.807, 2.05) is 0 Å². The standard InChI is InChI=1S/C5H9N3O2/c1-4(5(6)10)7-8(2)3-9/h3H,1-2H3,(H2,6,10)/b7-4+. The second-order valence-electron chi connectivity index (χ2n) is 1.73. The number of amides is 2. The number of hydrogen-bond donors (Lipinski definition) is 1. The fraction of sp³-hybridized carbons (Fsp3) is 0.400. The normalized spacial score (nSPS) is 10.8. The van der Waals surface area contributed by atoms with Crippen LogP contribution in [0.2, 0.25) is 0 Å². The molecule has 0 atom stereocenters. The van der Waals surface area contributed by atoms with Gasteiger partial charge in [-0.1, -0.05) is 0 Å². The van der Waals surface area contributed by atoms with E-state index >= 15 is 0 Å². The highest BCUT2D eigenvalue weighted by Gasteiger charge is 1.98. The highest BCUT2D eigenvalue weighted by atomic mass is 16.2. The summed E-state index contributed by atoms with van der Waals surface area (Å²) in [4.78, 5) is 20.2. The average Bonchev–Trinajstić information content (AvgIpc) is 1.87. The summed E-state index contributed by atoms with van der Waals surface area (Å²) >= 11 is 0. The van der Waals surface area contributed by atoms with Crippen molar-refractivity contribution in [3.8, 4) is 0 Å². The molecule has 0 aromatic carbocycles. The first-order valence-corrected chi connectivity index (χ1v) is 2.61. The number of primary amides is 1. The summed E-state index contributed by atoms with van der Waals surface area (Å²) in [5.74, 6) is -0.631. The third-order valence-corrected chi connectivity index (χ3v) is 0.817. The zero-order chi connectivity index (χ0) is 8.15. The summed E-state index contributed by atoms with van der Waals surface area (Å²) < 4.78 is 0. The second-order valence-corrected chi connectivity index (χ2v) is 1.73. The van der Waals surface area contributed by atoms with E-state index in [0.29, 0.717) is 6.41 Å². The average molecular weight is 143 g/mol. The van der Waals surface area contributed by atoms with Crippen LogP contribution in [0.4, 0.5) is 0 Å². The number of carbonyl (C=O) groups is 2.